The molecule has 1 aliphatic heterocycles. The molecule has 0 radical (unpaired) electrons. The van der Waals surface area contributed by atoms with Crippen molar-refractivity contribution in [1.29, 1.82) is 0 Å². The highest BCUT2D eigenvalue weighted by atomic mass is 35.5. The van der Waals surface area contributed by atoms with Crippen LogP contribution < -0.4 is 10.5 Å². The zero-order chi connectivity index (χ0) is 21.2. The van der Waals surface area contributed by atoms with E-state index in [0.29, 0.717) is 10.6 Å². The van der Waals surface area contributed by atoms with Crippen LogP contribution in [-0.2, 0) is 6.42 Å². The molecule has 5 nitrogen and oxygen atoms in total. The molecule has 2 aromatic carbocycles. The summed E-state index contributed by atoms with van der Waals surface area (Å²) in [5, 5.41) is 2.88. The van der Waals surface area contributed by atoms with E-state index in [1.165, 1.54) is 35.4 Å². The van der Waals surface area contributed by atoms with E-state index in [1.807, 2.05) is 6.07 Å². The van der Waals surface area contributed by atoms with Crippen molar-refractivity contribution in [3.63, 3.8) is 0 Å². The van der Waals surface area contributed by atoms with Crippen molar-refractivity contribution in [2.75, 3.05) is 37.6 Å². The number of halogens is 1. The number of anilines is 1. The Morgan fingerprint density at radius 1 is 1.00 bits per heavy atom. The van der Waals surface area contributed by atoms with Crippen molar-refractivity contribution in [2.45, 2.75) is 19.3 Å². The SMILES string of the molecule is O=c1ccc2cc(N3CCN(CCCCc4c[nH]c5ccccc45)CC3)c(Cl)cc2o1. The van der Waals surface area contributed by atoms with E-state index in [0.717, 1.165) is 50.2 Å². The van der Waals surface area contributed by atoms with Crippen LogP contribution in [0.4, 0.5) is 5.69 Å². The molecule has 4 aromatic rings. The summed E-state index contributed by atoms with van der Waals surface area (Å²) in [7, 11) is 0. The number of benzene rings is 2. The van der Waals surface area contributed by atoms with E-state index in [9.17, 15) is 4.79 Å². The number of fused-ring (bicyclic) bond motifs is 2. The highest BCUT2D eigenvalue weighted by molar-refractivity contribution is 6.34. The standard InChI is InChI=1S/C25H26ClN3O2/c26-21-16-24-18(8-9-25(30)31-24)15-23(21)29-13-11-28(12-14-29)10-4-3-5-19-17-27-22-7-2-1-6-20(19)22/h1-2,6-9,15-17,27H,3-5,10-14H2. The topological polar surface area (TPSA) is 52.5 Å². The highest BCUT2D eigenvalue weighted by Gasteiger charge is 2.19. The van der Waals surface area contributed by atoms with Gasteiger partial charge in [0.15, 0.2) is 0 Å². The first-order valence-electron chi connectivity index (χ1n) is 10.9. The van der Waals surface area contributed by atoms with Gasteiger partial charge in [0, 0.05) is 60.8 Å². The van der Waals surface area contributed by atoms with E-state index in [-0.39, 0.29) is 5.63 Å². The molecule has 1 saturated heterocycles. The van der Waals surface area contributed by atoms with Gasteiger partial charge in [-0.15, -0.1) is 0 Å². The number of rotatable bonds is 6. The van der Waals surface area contributed by atoms with Gasteiger partial charge in [-0.1, -0.05) is 29.8 Å². The molecule has 2 aromatic heterocycles. The first-order chi connectivity index (χ1) is 15.2. The average molecular weight is 436 g/mol. The Bertz CT molecular complexity index is 1250. The quantitative estimate of drug-likeness (QED) is 0.339. The Balaban J connectivity index is 1.13. The fourth-order valence-corrected chi connectivity index (χ4v) is 4.80. The molecule has 1 fully saturated rings. The van der Waals surface area contributed by atoms with Crippen LogP contribution in [0, 0.1) is 0 Å². The molecule has 1 N–H and O–H groups in total. The van der Waals surface area contributed by atoms with Crippen LogP contribution in [0.5, 0.6) is 0 Å². The summed E-state index contributed by atoms with van der Waals surface area (Å²) in [6.45, 7) is 5.10. The number of para-hydroxylation sites is 1. The summed E-state index contributed by atoms with van der Waals surface area (Å²) >= 11 is 6.50. The number of aryl methyl sites for hydroxylation is 1. The molecule has 0 unspecified atom stereocenters. The van der Waals surface area contributed by atoms with Crippen molar-refractivity contribution in [1.82, 2.24) is 9.88 Å². The molecule has 0 atom stereocenters. The minimum atomic E-state index is -0.352. The fourth-order valence-electron chi connectivity index (χ4n) is 4.52. The molecule has 0 bridgehead atoms. The van der Waals surface area contributed by atoms with Gasteiger partial charge in [0.25, 0.3) is 0 Å². The number of unbranched alkanes of at least 4 members (excludes halogenated alkanes) is 1. The molecule has 0 spiro atoms. The Labute approximate surface area is 186 Å². The Hall–Kier alpha value is -2.76. The molecule has 0 aliphatic carbocycles. The van der Waals surface area contributed by atoms with Crippen LogP contribution in [0.2, 0.25) is 5.02 Å². The predicted octanol–water partition coefficient (Wildman–Crippen LogP) is 5.07. The van der Waals surface area contributed by atoms with Crippen LogP contribution in [0.3, 0.4) is 0 Å². The van der Waals surface area contributed by atoms with Gasteiger partial charge in [-0.3, -0.25) is 4.90 Å². The number of piperazine rings is 1. The predicted molar refractivity (Wildman–Crippen MR) is 127 cm³/mol. The Morgan fingerprint density at radius 2 is 1.84 bits per heavy atom. The van der Waals surface area contributed by atoms with Gasteiger partial charge in [0.05, 0.1) is 10.7 Å². The summed E-state index contributed by atoms with van der Waals surface area (Å²) in [5.41, 5.74) is 3.84. The Kier molecular flexibility index (Phi) is 5.70. The lowest BCUT2D eigenvalue weighted by Gasteiger charge is -2.36. The number of nitrogens with one attached hydrogen (secondary N) is 1. The molecule has 1 aliphatic rings. The Morgan fingerprint density at radius 3 is 2.71 bits per heavy atom. The molecule has 5 rings (SSSR count). The highest BCUT2D eigenvalue weighted by Crippen LogP contribution is 2.31. The molecular weight excluding hydrogens is 410 g/mol. The van der Waals surface area contributed by atoms with E-state index in [1.54, 1.807) is 12.1 Å². The van der Waals surface area contributed by atoms with Gasteiger partial charge in [0.2, 0.25) is 0 Å². The monoisotopic (exact) mass is 435 g/mol. The minimum Gasteiger partial charge on any atom is -0.423 e. The van der Waals surface area contributed by atoms with Crippen LogP contribution in [-0.4, -0.2) is 42.6 Å². The van der Waals surface area contributed by atoms with Crippen molar-refractivity contribution in [3.8, 4) is 0 Å². The normalized spacial score (nSPS) is 15.2. The number of aromatic amines is 1. The average Bonchev–Trinajstić information content (AvgIpc) is 3.20. The summed E-state index contributed by atoms with van der Waals surface area (Å²) in [5.74, 6) is 0. The molecule has 31 heavy (non-hydrogen) atoms. The van der Waals surface area contributed by atoms with Crippen LogP contribution in [0.1, 0.15) is 18.4 Å². The summed E-state index contributed by atoms with van der Waals surface area (Å²) < 4.78 is 5.24. The third-order valence-corrected chi connectivity index (χ3v) is 6.55. The molecule has 0 saturated carbocycles. The maximum atomic E-state index is 11.4. The van der Waals surface area contributed by atoms with Crippen LogP contribution in [0.15, 0.2) is 63.9 Å². The summed E-state index contributed by atoms with van der Waals surface area (Å²) in [4.78, 5) is 19.7. The number of aromatic nitrogens is 1. The summed E-state index contributed by atoms with van der Waals surface area (Å²) in [6.07, 6.45) is 5.67. The first-order valence-corrected chi connectivity index (χ1v) is 11.3. The third kappa shape index (κ3) is 4.34. The smallest absolute Gasteiger partial charge is 0.336 e. The largest absolute Gasteiger partial charge is 0.423 e. The molecule has 0 amide bonds. The molecule has 3 heterocycles. The lowest BCUT2D eigenvalue weighted by Crippen LogP contribution is -2.46. The van der Waals surface area contributed by atoms with Gasteiger partial charge in [-0.05, 0) is 49.6 Å². The molecule has 160 valence electrons. The van der Waals surface area contributed by atoms with Gasteiger partial charge < -0.3 is 14.3 Å². The lowest BCUT2D eigenvalue weighted by atomic mass is 10.1. The zero-order valence-corrected chi connectivity index (χ0v) is 18.2. The van der Waals surface area contributed by atoms with Gasteiger partial charge >= 0.3 is 5.63 Å². The van der Waals surface area contributed by atoms with Crippen molar-refractivity contribution >= 4 is 39.2 Å². The molecule has 6 heteroatoms. The maximum absolute atomic E-state index is 11.4. The van der Waals surface area contributed by atoms with E-state index >= 15 is 0 Å². The number of nitrogens with zero attached hydrogens (tertiary/aromatic N) is 2. The van der Waals surface area contributed by atoms with Crippen molar-refractivity contribution in [2.24, 2.45) is 0 Å². The maximum Gasteiger partial charge on any atom is 0.336 e. The van der Waals surface area contributed by atoms with E-state index in [2.05, 4.69) is 45.2 Å². The second kappa shape index (κ2) is 8.77. The van der Waals surface area contributed by atoms with Crippen LogP contribution >= 0.6 is 11.6 Å². The second-order valence-corrected chi connectivity index (χ2v) is 8.65. The number of H-pyrrole nitrogens is 1. The number of hydrogen-bond acceptors (Lipinski definition) is 4. The van der Waals surface area contributed by atoms with Crippen molar-refractivity contribution in [3.05, 3.63) is 75.7 Å². The zero-order valence-electron chi connectivity index (χ0n) is 17.4. The van der Waals surface area contributed by atoms with E-state index in [4.69, 9.17) is 16.0 Å². The second-order valence-electron chi connectivity index (χ2n) is 8.24. The van der Waals surface area contributed by atoms with Gasteiger partial charge in [0.1, 0.15) is 5.58 Å². The van der Waals surface area contributed by atoms with E-state index < -0.39 is 0 Å². The fraction of sp³-hybridized carbons (Fsp3) is 0.320. The minimum absolute atomic E-state index is 0.352. The lowest BCUT2D eigenvalue weighted by molar-refractivity contribution is 0.253. The number of hydrogen-bond donors (Lipinski definition) is 1. The van der Waals surface area contributed by atoms with Crippen LogP contribution in [0.25, 0.3) is 21.9 Å². The first kappa shape index (κ1) is 20.2. The summed E-state index contributed by atoms with van der Waals surface area (Å²) in [6, 6.07) is 15.5. The third-order valence-electron chi connectivity index (χ3n) is 6.25. The van der Waals surface area contributed by atoms with Crippen molar-refractivity contribution < 1.29 is 4.42 Å². The van der Waals surface area contributed by atoms with Gasteiger partial charge in [-0.2, -0.15) is 0 Å². The van der Waals surface area contributed by atoms with Gasteiger partial charge in [-0.25, -0.2) is 4.79 Å². The molecular formula is C25H26ClN3O2.